The van der Waals surface area contributed by atoms with Crippen molar-refractivity contribution in [3.8, 4) is 0 Å². The minimum atomic E-state index is -1.20. The minimum absolute atomic E-state index is 0.205. The van der Waals surface area contributed by atoms with Crippen LogP contribution in [-0.2, 0) is 9.63 Å². The van der Waals surface area contributed by atoms with Gasteiger partial charge in [-0.05, 0) is 17.3 Å². The molecule has 0 saturated carbocycles. The molecule has 0 unspecified atom stereocenters. The van der Waals surface area contributed by atoms with Crippen molar-refractivity contribution in [1.29, 1.82) is 0 Å². The largest absolute Gasteiger partial charge is 0.476 e. The van der Waals surface area contributed by atoms with Gasteiger partial charge in [0.25, 0.3) is 0 Å². The number of carbonyl (C=O) groups is 1. The number of aliphatic carboxylic acids is 1. The zero-order valence-corrected chi connectivity index (χ0v) is 12.6. The number of anilines is 1. The van der Waals surface area contributed by atoms with Gasteiger partial charge in [-0.15, -0.1) is 16.4 Å². The molecule has 0 radical (unpaired) electrons. The Bertz CT molecular complexity index is 843. The number of nitrogen functional groups attached to an aromatic ring is 1. The predicted molar refractivity (Wildman–Crippen MR) is 82.4 cm³/mol. The summed E-state index contributed by atoms with van der Waals surface area (Å²) in [5.74, 6) is -1.20. The van der Waals surface area contributed by atoms with Gasteiger partial charge in [-0.25, -0.2) is 9.78 Å². The van der Waals surface area contributed by atoms with Gasteiger partial charge in [0, 0.05) is 5.38 Å². The Hall–Kier alpha value is -3.21. The summed E-state index contributed by atoms with van der Waals surface area (Å²) >= 11 is 1.14. The summed E-state index contributed by atoms with van der Waals surface area (Å²) in [5.41, 5.74) is 6.61. The van der Waals surface area contributed by atoms with Crippen molar-refractivity contribution >= 4 is 39.2 Å². The third-order valence-electron chi connectivity index (χ3n) is 2.48. The number of thiazole rings is 1. The number of nitrogens with two attached hydrogens (primary N) is 1. The van der Waals surface area contributed by atoms with E-state index in [0.717, 1.165) is 16.2 Å². The number of oxime groups is 1. The normalized spacial score (nSPS) is 10.9. The van der Waals surface area contributed by atoms with E-state index in [1.165, 1.54) is 12.5 Å². The van der Waals surface area contributed by atoms with Gasteiger partial charge in [-0.3, -0.25) is 0 Å². The number of aromatic nitrogens is 4. The number of nitrogens with zero attached hydrogens (tertiary/aromatic N) is 5. The van der Waals surface area contributed by atoms with Crippen LogP contribution in [0.5, 0.6) is 0 Å². The van der Waals surface area contributed by atoms with Crippen LogP contribution in [-0.4, -0.2) is 49.2 Å². The standard InChI is InChI=1S/C6H7N3O3S.C6H5N3O/c1-12-9-4(5(10)11)3-2-13-6(7)8-3;10-9-6-4-2-1-3-5(6)7-8-9/h2H,1H3,(H2,7,8)(H,10,11);1-4,10H. The first-order valence-electron chi connectivity index (χ1n) is 6.08. The molecule has 0 aliphatic heterocycles. The predicted octanol–water partition coefficient (Wildman–Crippen LogP) is 0.829. The van der Waals surface area contributed by atoms with Gasteiger partial charge in [0.1, 0.15) is 23.8 Å². The number of fused-ring (bicyclic) bond motifs is 1. The summed E-state index contributed by atoms with van der Waals surface area (Å²) in [6.07, 6.45) is 0. The SMILES string of the molecule is CON=C(C(=O)O)c1csc(N)n1.On1nnc2ccccc21. The molecule has 0 bridgehead atoms. The molecule has 0 aliphatic rings. The Balaban J connectivity index is 0.000000172. The fourth-order valence-corrected chi connectivity index (χ4v) is 2.09. The van der Waals surface area contributed by atoms with Crippen LogP contribution in [0.15, 0.2) is 34.8 Å². The maximum atomic E-state index is 10.6. The number of hydrogen-bond acceptors (Lipinski definition) is 9. The Morgan fingerprint density at radius 1 is 1.43 bits per heavy atom. The molecule has 0 atom stereocenters. The molecule has 120 valence electrons. The van der Waals surface area contributed by atoms with Gasteiger partial charge in [-0.1, -0.05) is 22.1 Å². The van der Waals surface area contributed by atoms with Crippen LogP contribution < -0.4 is 5.73 Å². The Kier molecular flexibility index (Phi) is 5.04. The van der Waals surface area contributed by atoms with Crippen molar-refractivity contribution in [3.63, 3.8) is 0 Å². The lowest BCUT2D eigenvalue weighted by Gasteiger charge is -1.94. The molecule has 3 aromatic rings. The first-order chi connectivity index (χ1) is 11.0. The maximum Gasteiger partial charge on any atom is 0.360 e. The van der Waals surface area contributed by atoms with E-state index < -0.39 is 5.97 Å². The van der Waals surface area contributed by atoms with E-state index in [1.54, 1.807) is 12.1 Å². The van der Waals surface area contributed by atoms with E-state index in [-0.39, 0.29) is 11.4 Å². The average Bonchev–Trinajstić information content (AvgIpc) is 3.12. The molecule has 0 spiro atoms. The highest BCUT2D eigenvalue weighted by Crippen LogP contribution is 2.12. The van der Waals surface area contributed by atoms with Gasteiger partial charge < -0.3 is 20.9 Å². The van der Waals surface area contributed by atoms with Crippen LogP contribution in [0.1, 0.15) is 5.69 Å². The Morgan fingerprint density at radius 2 is 2.17 bits per heavy atom. The summed E-state index contributed by atoms with van der Waals surface area (Å²) < 4.78 is 0. The molecular formula is C12H12N6O4S. The molecule has 11 heteroatoms. The summed E-state index contributed by atoms with van der Waals surface area (Å²) in [5, 5.41) is 29.8. The Morgan fingerprint density at radius 3 is 2.74 bits per heavy atom. The fraction of sp³-hybridized carbons (Fsp3) is 0.0833. The molecule has 0 saturated heterocycles. The van der Waals surface area contributed by atoms with Crippen molar-refractivity contribution in [3.05, 3.63) is 35.3 Å². The molecule has 2 aromatic heterocycles. The second-order valence-corrected chi connectivity index (χ2v) is 4.86. The third kappa shape index (κ3) is 3.91. The summed E-state index contributed by atoms with van der Waals surface area (Å²) in [6, 6.07) is 7.19. The van der Waals surface area contributed by atoms with Gasteiger partial charge in [0.05, 0.1) is 0 Å². The lowest BCUT2D eigenvalue weighted by molar-refractivity contribution is -0.129. The molecule has 0 amide bonds. The van der Waals surface area contributed by atoms with E-state index in [4.69, 9.17) is 16.0 Å². The molecule has 1 aromatic carbocycles. The zero-order valence-electron chi connectivity index (χ0n) is 11.8. The topological polar surface area (TPSA) is 149 Å². The van der Waals surface area contributed by atoms with E-state index >= 15 is 0 Å². The summed E-state index contributed by atoms with van der Waals surface area (Å²) in [7, 11) is 1.26. The van der Waals surface area contributed by atoms with Crippen LogP contribution in [0, 0.1) is 0 Å². The van der Waals surface area contributed by atoms with Gasteiger partial charge >= 0.3 is 5.97 Å². The second kappa shape index (κ2) is 7.17. The minimum Gasteiger partial charge on any atom is -0.476 e. The number of rotatable bonds is 3. The lowest BCUT2D eigenvalue weighted by atomic mass is 10.3. The smallest absolute Gasteiger partial charge is 0.360 e. The molecule has 3 rings (SSSR count). The van der Waals surface area contributed by atoms with Crippen molar-refractivity contribution in [1.82, 2.24) is 20.1 Å². The zero-order chi connectivity index (χ0) is 16.8. The maximum absolute atomic E-state index is 10.6. The van der Waals surface area contributed by atoms with Crippen molar-refractivity contribution in [2.75, 3.05) is 12.8 Å². The first-order valence-corrected chi connectivity index (χ1v) is 6.96. The highest BCUT2D eigenvalue weighted by atomic mass is 32.1. The number of hydrogen-bond donors (Lipinski definition) is 3. The van der Waals surface area contributed by atoms with Gasteiger partial charge in [0.15, 0.2) is 5.13 Å². The van der Waals surface area contributed by atoms with E-state index in [1.807, 2.05) is 12.1 Å². The van der Waals surface area contributed by atoms with E-state index in [2.05, 4.69) is 25.3 Å². The molecular weight excluding hydrogens is 324 g/mol. The second-order valence-electron chi connectivity index (χ2n) is 3.97. The number of carboxylic acid groups (broad SMARTS) is 1. The highest BCUT2D eigenvalue weighted by molar-refractivity contribution is 7.13. The molecule has 0 aliphatic carbocycles. The highest BCUT2D eigenvalue weighted by Gasteiger charge is 2.16. The van der Waals surface area contributed by atoms with Crippen LogP contribution >= 0.6 is 11.3 Å². The summed E-state index contributed by atoms with van der Waals surface area (Å²) in [6.45, 7) is 0. The van der Waals surface area contributed by atoms with Crippen molar-refractivity contribution < 1.29 is 19.9 Å². The van der Waals surface area contributed by atoms with Gasteiger partial charge in [-0.2, -0.15) is 0 Å². The third-order valence-corrected chi connectivity index (χ3v) is 3.16. The molecule has 23 heavy (non-hydrogen) atoms. The number of carboxylic acids is 1. The van der Waals surface area contributed by atoms with Crippen LogP contribution in [0.4, 0.5) is 5.13 Å². The quantitative estimate of drug-likeness (QED) is 0.362. The first kappa shape index (κ1) is 16.2. The molecule has 2 heterocycles. The van der Waals surface area contributed by atoms with Crippen molar-refractivity contribution in [2.45, 2.75) is 0 Å². The van der Waals surface area contributed by atoms with Crippen LogP contribution in [0.3, 0.4) is 0 Å². The van der Waals surface area contributed by atoms with Crippen LogP contribution in [0.2, 0.25) is 0 Å². The number of benzene rings is 1. The molecule has 4 N–H and O–H groups in total. The lowest BCUT2D eigenvalue weighted by Crippen LogP contribution is -2.15. The number of para-hydroxylation sites is 1. The molecule has 10 nitrogen and oxygen atoms in total. The van der Waals surface area contributed by atoms with E-state index in [0.29, 0.717) is 16.2 Å². The summed E-state index contributed by atoms with van der Waals surface area (Å²) in [4.78, 5) is 19.5. The van der Waals surface area contributed by atoms with E-state index in [9.17, 15) is 4.79 Å². The van der Waals surface area contributed by atoms with Crippen molar-refractivity contribution in [2.24, 2.45) is 5.16 Å². The Labute approximate surface area is 133 Å². The average molecular weight is 336 g/mol. The monoisotopic (exact) mass is 336 g/mol. The van der Waals surface area contributed by atoms with Crippen LogP contribution in [0.25, 0.3) is 11.0 Å². The fourth-order valence-electron chi connectivity index (χ4n) is 1.54. The molecule has 0 fully saturated rings. The van der Waals surface area contributed by atoms with Gasteiger partial charge in [0.2, 0.25) is 5.71 Å².